The maximum absolute atomic E-state index is 15.2. The average Bonchev–Trinajstić information content (AvgIpc) is 2.74. The first-order valence-corrected chi connectivity index (χ1v) is 10.9. The number of ether oxygens (including phenoxy) is 3. The van der Waals surface area contributed by atoms with Crippen LogP contribution in [0.1, 0.15) is 24.5 Å². The lowest BCUT2D eigenvalue weighted by atomic mass is 9.74. The largest absolute Gasteiger partial charge is 0.494 e. The molecule has 32 heavy (non-hydrogen) atoms. The summed E-state index contributed by atoms with van der Waals surface area (Å²) >= 11 is 1.00. The van der Waals surface area contributed by atoms with E-state index < -0.39 is 23.5 Å². The van der Waals surface area contributed by atoms with Crippen LogP contribution in [0.15, 0.2) is 29.8 Å². The molecular weight excluding hydrogens is 443 g/mol. The van der Waals surface area contributed by atoms with Gasteiger partial charge in [-0.3, -0.25) is 0 Å². The van der Waals surface area contributed by atoms with Crippen molar-refractivity contribution in [2.45, 2.75) is 25.0 Å². The lowest BCUT2D eigenvalue weighted by Gasteiger charge is -2.47. The molecule has 2 N–H and O–H groups in total. The number of carbonyl (C=O) groups is 2. The minimum atomic E-state index is -1.69. The minimum absolute atomic E-state index is 0.0652. The number of rotatable bonds is 6. The standard InChI is InChI=1S/C21H25FN2O7S/c1-4-30-12(2)13-5-6-17(22)16(7-13)21-11-31-15(9-29-3)8-14(21)10-32-18(23-21)24(19(25)26)20(27)28/h5-7,14-15H,2,4,8-11H2,1,3H3,(H,25,26)(H,27,28)/t14-,15+,21-/m0/s1. The molecule has 1 fully saturated rings. The van der Waals surface area contributed by atoms with Crippen molar-refractivity contribution in [3.05, 3.63) is 41.7 Å². The average molecular weight is 469 g/mol. The second-order valence-corrected chi connectivity index (χ2v) is 8.39. The number of hydrogen-bond donors (Lipinski definition) is 2. The van der Waals surface area contributed by atoms with Crippen LogP contribution in [0.5, 0.6) is 0 Å². The van der Waals surface area contributed by atoms with E-state index in [2.05, 4.69) is 11.6 Å². The van der Waals surface area contributed by atoms with Crippen LogP contribution in [0.4, 0.5) is 14.0 Å². The number of fused-ring (bicyclic) bond motifs is 1. The number of halogens is 1. The van der Waals surface area contributed by atoms with E-state index in [4.69, 9.17) is 14.2 Å². The molecule has 0 radical (unpaired) electrons. The smallest absolute Gasteiger partial charge is 0.423 e. The number of thioether (sulfide) groups is 1. The first kappa shape index (κ1) is 24.0. The van der Waals surface area contributed by atoms with Gasteiger partial charge in [-0.15, -0.1) is 0 Å². The van der Waals surface area contributed by atoms with E-state index in [9.17, 15) is 19.8 Å². The van der Waals surface area contributed by atoms with Crippen LogP contribution >= 0.6 is 11.8 Å². The summed E-state index contributed by atoms with van der Waals surface area (Å²) < 4.78 is 31.7. The quantitative estimate of drug-likeness (QED) is 0.605. The Bertz CT molecular complexity index is 927. The monoisotopic (exact) mass is 468 g/mol. The van der Waals surface area contributed by atoms with E-state index in [0.717, 1.165) is 11.8 Å². The highest BCUT2D eigenvalue weighted by atomic mass is 32.2. The van der Waals surface area contributed by atoms with Gasteiger partial charge in [-0.1, -0.05) is 18.3 Å². The Morgan fingerprint density at radius 2 is 2.12 bits per heavy atom. The van der Waals surface area contributed by atoms with Crippen LogP contribution in [0, 0.1) is 11.7 Å². The van der Waals surface area contributed by atoms with Crippen LogP contribution < -0.4 is 0 Å². The lowest BCUT2D eigenvalue weighted by molar-refractivity contribution is -0.0839. The van der Waals surface area contributed by atoms with Crippen molar-refractivity contribution in [3.8, 4) is 0 Å². The zero-order chi connectivity index (χ0) is 23.5. The molecule has 3 atom stereocenters. The highest BCUT2D eigenvalue weighted by Gasteiger charge is 2.51. The van der Waals surface area contributed by atoms with E-state index in [1.54, 1.807) is 20.1 Å². The summed E-state index contributed by atoms with van der Waals surface area (Å²) in [5, 5.41) is 18.5. The molecule has 0 spiro atoms. The van der Waals surface area contributed by atoms with Gasteiger partial charge in [0.15, 0.2) is 5.17 Å². The number of carboxylic acid groups (broad SMARTS) is 2. The van der Waals surface area contributed by atoms with Crippen molar-refractivity contribution >= 4 is 34.9 Å². The Hall–Kier alpha value is -2.63. The summed E-state index contributed by atoms with van der Waals surface area (Å²) in [4.78, 5) is 27.8. The molecule has 0 aliphatic carbocycles. The minimum Gasteiger partial charge on any atom is -0.494 e. The summed E-state index contributed by atoms with van der Waals surface area (Å²) in [6.45, 7) is 6.32. The zero-order valence-corrected chi connectivity index (χ0v) is 18.6. The van der Waals surface area contributed by atoms with Gasteiger partial charge in [-0.05, 0) is 31.5 Å². The van der Waals surface area contributed by atoms with Gasteiger partial charge in [0.1, 0.15) is 17.1 Å². The number of amidine groups is 1. The van der Waals surface area contributed by atoms with Gasteiger partial charge in [-0.25, -0.2) is 19.0 Å². The van der Waals surface area contributed by atoms with Gasteiger partial charge in [0.2, 0.25) is 0 Å². The predicted molar refractivity (Wildman–Crippen MR) is 116 cm³/mol. The Balaban J connectivity index is 2.14. The number of aliphatic imine (C=N–C) groups is 1. The molecule has 2 aliphatic rings. The Labute approximate surface area is 188 Å². The normalized spacial score (nSPS) is 24.8. The van der Waals surface area contributed by atoms with E-state index in [1.165, 1.54) is 12.1 Å². The number of nitrogens with zero attached hydrogens (tertiary/aromatic N) is 2. The molecule has 1 aromatic rings. The molecule has 2 heterocycles. The van der Waals surface area contributed by atoms with Gasteiger partial charge >= 0.3 is 12.2 Å². The van der Waals surface area contributed by atoms with E-state index in [1.807, 2.05) is 0 Å². The number of amides is 2. The van der Waals surface area contributed by atoms with E-state index >= 15 is 4.39 Å². The first-order valence-electron chi connectivity index (χ1n) is 9.94. The van der Waals surface area contributed by atoms with Gasteiger partial charge in [0.05, 0.1) is 25.9 Å². The summed E-state index contributed by atoms with van der Waals surface area (Å²) in [7, 11) is 1.55. The molecule has 0 unspecified atom stereocenters. The highest BCUT2D eigenvalue weighted by Crippen LogP contribution is 2.48. The van der Waals surface area contributed by atoms with Gasteiger partial charge in [-0.2, -0.15) is 4.90 Å². The summed E-state index contributed by atoms with van der Waals surface area (Å²) in [5.74, 6) is -0.137. The number of benzene rings is 1. The zero-order valence-electron chi connectivity index (χ0n) is 17.7. The van der Waals surface area contributed by atoms with Crippen molar-refractivity contribution in [1.29, 1.82) is 0 Å². The second-order valence-electron chi connectivity index (χ2n) is 7.40. The van der Waals surface area contributed by atoms with Crippen LogP contribution in [0.3, 0.4) is 0 Å². The lowest BCUT2D eigenvalue weighted by Crippen LogP contribution is -2.53. The second kappa shape index (κ2) is 9.88. The summed E-state index contributed by atoms with van der Waals surface area (Å²) in [5.41, 5.74) is -0.607. The molecule has 0 aromatic heterocycles. The first-order chi connectivity index (χ1) is 15.2. The maximum Gasteiger partial charge on any atom is 0.423 e. The molecular formula is C21H25FN2O7S. The fraction of sp³-hybridized carbons (Fsp3) is 0.476. The van der Waals surface area contributed by atoms with Gasteiger partial charge in [0, 0.05) is 29.9 Å². The fourth-order valence-electron chi connectivity index (χ4n) is 3.96. The van der Waals surface area contributed by atoms with Crippen LogP contribution in [0.25, 0.3) is 5.76 Å². The van der Waals surface area contributed by atoms with Crippen molar-refractivity contribution in [1.82, 2.24) is 4.90 Å². The predicted octanol–water partition coefficient (Wildman–Crippen LogP) is 3.84. The van der Waals surface area contributed by atoms with E-state index in [-0.39, 0.29) is 34.3 Å². The fourth-order valence-corrected chi connectivity index (χ4v) is 5.23. The van der Waals surface area contributed by atoms with Crippen LogP contribution in [-0.4, -0.2) is 71.3 Å². The molecule has 2 aliphatic heterocycles. The van der Waals surface area contributed by atoms with Crippen molar-refractivity contribution in [2.24, 2.45) is 10.9 Å². The Morgan fingerprint density at radius 1 is 1.41 bits per heavy atom. The Morgan fingerprint density at radius 3 is 2.75 bits per heavy atom. The van der Waals surface area contributed by atoms with E-state index in [0.29, 0.717) is 36.7 Å². The number of methoxy groups -OCH3 is 1. The maximum atomic E-state index is 15.2. The molecule has 0 saturated carbocycles. The summed E-state index contributed by atoms with van der Waals surface area (Å²) in [6, 6.07) is 4.36. The molecule has 0 bridgehead atoms. The third-order valence-corrected chi connectivity index (χ3v) is 6.57. The molecule has 11 heteroatoms. The number of hydrogen-bond acceptors (Lipinski definition) is 7. The molecule has 1 aromatic carbocycles. The topological polar surface area (TPSA) is 118 Å². The molecule has 174 valence electrons. The molecule has 1 saturated heterocycles. The highest BCUT2D eigenvalue weighted by molar-refractivity contribution is 8.13. The van der Waals surface area contributed by atoms with Crippen molar-refractivity contribution in [2.75, 3.05) is 32.7 Å². The SMILES string of the molecule is C=C(OCC)c1ccc(F)c([C@]23CO[C@@H](COC)C[C@H]2CSC(N(C(=O)O)C(=O)O)=N3)c1. The van der Waals surface area contributed by atoms with Crippen molar-refractivity contribution in [3.63, 3.8) is 0 Å². The Kier molecular flexibility index (Phi) is 7.42. The van der Waals surface area contributed by atoms with Crippen molar-refractivity contribution < 1.29 is 38.4 Å². The van der Waals surface area contributed by atoms with Crippen LogP contribution in [0.2, 0.25) is 0 Å². The third kappa shape index (κ3) is 4.59. The summed E-state index contributed by atoms with van der Waals surface area (Å²) in [6.07, 6.45) is -3.14. The number of imide groups is 1. The van der Waals surface area contributed by atoms with Gasteiger partial charge < -0.3 is 24.4 Å². The molecule has 9 nitrogen and oxygen atoms in total. The van der Waals surface area contributed by atoms with Crippen LogP contribution in [-0.2, 0) is 19.7 Å². The van der Waals surface area contributed by atoms with Gasteiger partial charge in [0.25, 0.3) is 0 Å². The molecule has 3 rings (SSSR count). The molecule has 2 amide bonds. The third-order valence-electron chi connectivity index (χ3n) is 5.47.